The molecule has 720 valence electrons. The number of aromatic nitrogens is 12. The van der Waals surface area contributed by atoms with Crippen molar-refractivity contribution >= 4 is 34.7 Å². The molecule has 0 atom stereocenters. The second kappa shape index (κ2) is 70.5. The summed E-state index contributed by atoms with van der Waals surface area (Å²) in [7, 11) is 0. The molecule has 0 amide bonds. The molecule has 0 spiro atoms. The molecular formula is C113H106Ir6N12O6-12. The van der Waals surface area contributed by atoms with Crippen LogP contribution in [-0.4, -0.2) is 64.6 Å². The Labute approximate surface area is 887 Å². The average Bonchev–Trinajstić information content (AvgIpc) is 1.28. The predicted octanol–water partition coefficient (Wildman–Crippen LogP) is 24.0. The number of rotatable bonds is 15. The number of ketones is 6. The fourth-order valence-electron chi connectivity index (χ4n) is 11.2. The van der Waals surface area contributed by atoms with Crippen LogP contribution in [0.15, 0.2) is 365 Å². The predicted molar refractivity (Wildman–Crippen MR) is 521 cm³/mol. The summed E-state index contributed by atoms with van der Waals surface area (Å²) in [5.41, 5.74) is 22.7. The van der Waals surface area contributed by atoms with Gasteiger partial charge in [-0.1, -0.05) is 247 Å². The van der Waals surface area contributed by atoms with Crippen molar-refractivity contribution in [1.82, 2.24) is 59.8 Å². The summed E-state index contributed by atoms with van der Waals surface area (Å²) in [5, 5.41) is 0. The van der Waals surface area contributed by atoms with Crippen molar-refractivity contribution in [3.63, 3.8) is 0 Å². The van der Waals surface area contributed by atoms with Crippen LogP contribution < -0.4 is 29.9 Å². The summed E-state index contributed by atoms with van der Waals surface area (Å²) in [6, 6.07) is 114. The standard InChI is InChI=1S/C15H16N.C13H12N.C12H10N.3C11H8N.C8H11NO.2C7H9NO.3C6H7NO.6Ir/c1-11(2)13-4-6-14(7-5-13)15-10-12(3)8-9-16-15;1-10-6-7-12(11(2)9-10)13-5-3-4-8-14-13;1-10-5-7-11(8-6-10)12-4-2-3-9-13-12;3*1-2-6-10(7-3-1)11-8-4-5-9-12-11;1-6(2)8(10)7-4-3-5-9-7;1-5-3-4-7(8-5)6(2)9;1-2-7(9)6-4-3-5-8-6;3*1-5(8)6-3-2-4-7-6;;;;;;/h4-6,8-11H,1-3H3;3-6,8-9H,1-2H3;2-7,9H,1H3;3*1-6,8-9H;3-6H,1-2H3,(H,9,10);3-4H,1-2H3,(H,8,9);3-5H,2H2,1H3,(H,8,9);3*2-4H,1H3,(H,7,8);;;;;;/q6*-1;;;;;;;;;;;;/p-6. The van der Waals surface area contributed by atoms with E-state index in [-0.39, 0.29) is 161 Å². The van der Waals surface area contributed by atoms with E-state index in [9.17, 15) is 28.8 Å². The second-order valence-electron chi connectivity index (χ2n) is 29.4. The summed E-state index contributed by atoms with van der Waals surface area (Å²) in [6.45, 7) is 26.1. The van der Waals surface area contributed by atoms with Gasteiger partial charge in [-0.15, -0.1) is 213 Å². The Morgan fingerprint density at radius 3 is 0.927 bits per heavy atom. The van der Waals surface area contributed by atoms with E-state index >= 15 is 0 Å². The van der Waals surface area contributed by atoms with Crippen LogP contribution in [0.4, 0.5) is 0 Å². The van der Waals surface area contributed by atoms with Crippen molar-refractivity contribution in [2.24, 2.45) is 5.92 Å². The molecule has 6 aromatic carbocycles. The van der Waals surface area contributed by atoms with Crippen LogP contribution in [0.3, 0.4) is 0 Å². The first-order valence-electron chi connectivity index (χ1n) is 42.4. The number of pyridine rings is 6. The van der Waals surface area contributed by atoms with Gasteiger partial charge in [-0.05, 0) is 105 Å². The zero-order valence-electron chi connectivity index (χ0n) is 78.3. The molecule has 0 N–H and O–H groups in total. The third kappa shape index (κ3) is 47.4. The molecule has 0 bridgehead atoms. The third-order valence-electron chi connectivity index (χ3n) is 18.1. The quantitative estimate of drug-likeness (QED) is 0.0682. The Kier molecular flexibility index (Phi) is 63.2. The summed E-state index contributed by atoms with van der Waals surface area (Å²) >= 11 is 0. The topological polar surface area (TPSA) is 264 Å². The van der Waals surface area contributed by atoms with Gasteiger partial charge >= 0.3 is 0 Å². The molecule has 137 heavy (non-hydrogen) atoms. The summed E-state index contributed by atoms with van der Waals surface area (Å²) in [4.78, 5) is 112. The Hall–Kier alpha value is -12.2. The molecule has 12 aromatic heterocycles. The normalized spacial score (nSPS) is 9.37. The first-order valence-corrected chi connectivity index (χ1v) is 42.4. The van der Waals surface area contributed by atoms with Crippen LogP contribution in [0.5, 0.6) is 0 Å². The van der Waals surface area contributed by atoms with E-state index < -0.39 is 0 Å². The van der Waals surface area contributed by atoms with Crippen LogP contribution in [0.2, 0.25) is 0 Å². The molecule has 0 fully saturated rings. The Morgan fingerprint density at radius 2 is 0.650 bits per heavy atom. The molecule has 12 heterocycles. The molecule has 6 radical (unpaired) electrons. The van der Waals surface area contributed by atoms with E-state index in [2.05, 4.69) is 174 Å². The minimum Gasteiger partial charge on any atom is -0.661 e. The maximum absolute atomic E-state index is 11.1. The fourth-order valence-corrected chi connectivity index (χ4v) is 11.2. The summed E-state index contributed by atoms with van der Waals surface area (Å²) in [6.07, 6.45) is 19.4. The van der Waals surface area contributed by atoms with Crippen LogP contribution in [-0.2, 0) is 121 Å². The minimum absolute atomic E-state index is 0. The molecule has 0 aliphatic rings. The first kappa shape index (κ1) is 123. The van der Waals surface area contributed by atoms with Gasteiger partial charge < -0.3 is 59.8 Å². The van der Waals surface area contributed by atoms with Gasteiger partial charge in [-0.3, -0.25) is 28.8 Å². The van der Waals surface area contributed by atoms with Gasteiger partial charge in [0.25, 0.3) is 0 Å². The maximum Gasteiger partial charge on any atom is 0.143 e. The molecular weight excluding hydrogens is 2770 g/mol. The number of nitrogens with zero attached hydrogens (tertiary/aromatic N) is 12. The van der Waals surface area contributed by atoms with Crippen LogP contribution >= 0.6 is 0 Å². The molecule has 0 unspecified atom stereocenters. The van der Waals surface area contributed by atoms with Gasteiger partial charge in [-0.25, -0.2) is 0 Å². The number of benzene rings is 6. The minimum atomic E-state index is 0. The number of aryl methyl sites for hydroxylation is 5. The fraction of sp³-hybridized carbons (Fsp3) is 0.150. The number of hydrogen-bond acceptors (Lipinski definition) is 12. The molecule has 18 aromatic rings. The van der Waals surface area contributed by atoms with E-state index in [1.165, 1.54) is 55.5 Å². The van der Waals surface area contributed by atoms with Crippen molar-refractivity contribution in [1.29, 1.82) is 0 Å². The maximum atomic E-state index is 11.1. The Bertz CT molecular complexity index is 5800. The van der Waals surface area contributed by atoms with Gasteiger partial charge in [0.1, 0.15) is 34.7 Å². The van der Waals surface area contributed by atoms with Gasteiger partial charge in [0.2, 0.25) is 0 Å². The molecule has 18 nitrogen and oxygen atoms in total. The zero-order valence-corrected chi connectivity index (χ0v) is 92.7. The SMILES string of the molecule is CC(=O)c1ccc(C)[n-]1.CC(=O)c1ccc[n-]1.CC(=O)c1ccc[n-]1.CC(=O)c1ccc[n-]1.CC(C)C(=O)c1ccc[n-]1.CCC(=O)c1ccc[n-]1.Cc1c[c-]c(-c2ccccn2)c(C)c1.Cc1c[c-]c(-c2ccccn2)cc1.Cc1ccnc(-c2[c-]cc(C(C)C)cc2)c1.[Ir].[Ir].[Ir].[Ir].[Ir].[Ir].[c-]1ccccc1-c1ccccn1.[c-]1ccccc1-c1ccccn1.[c-]1ccccc1-c1ccccn1. The van der Waals surface area contributed by atoms with Gasteiger partial charge in [0.15, 0.2) is 0 Å². The number of carbonyl (C=O) groups excluding carboxylic acids is 6. The van der Waals surface area contributed by atoms with Crippen LogP contribution in [0, 0.1) is 76.9 Å². The summed E-state index contributed by atoms with van der Waals surface area (Å²) in [5.74, 6) is 0.929. The van der Waals surface area contributed by atoms with E-state index in [0.717, 1.165) is 73.2 Å². The van der Waals surface area contributed by atoms with E-state index in [0.29, 0.717) is 46.5 Å². The van der Waals surface area contributed by atoms with E-state index in [1.807, 2.05) is 234 Å². The van der Waals surface area contributed by atoms with Crippen LogP contribution in [0.25, 0.3) is 67.5 Å². The van der Waals surface area contributed by atoms with Crippen molar-refractivity contribution < 1.29 is 149 Å². The largest absolute Gasteiger partial charge is 0.661 e. The van der Waals surface area contributed by atoms with Crippen molar-refractivity contribution in [2.45, 2.75) is 109 Å². The molecule has 0 saturated heterocycles. The Balaban J connectivity index is 0.000000749. The molecule has 0 aliphatic heterocycles. The molecule has 0 saturated carbocycles. The second-order valence-corrected chi connectivity index (χ2v) is 29.4. The Morgan fingerprint density at radius 1 is 0.299 bits per heavy atom. The number of Topliss-reactive ketones (excluding diaryl/α,β-unsaturated/α-hetero) is 6. The number of carbonyl (C=O) groups is 6. The molecule has 18 rings (SSSR count). The molecule has 0 aliphatic carbocycles. The average molecular weight is 2880 g/mol. The smallest absolute Gasteiger partial charge is 0.143 e. The number of hydrogen-bond donors (Lipinski definition) is 0. The van der Waals surface area contributed by atoms with Crippen LogP contribution in [0.1, 0.15) is 171 Å². The first-order chi connectivity index (χ1) is 63.4. The molecule has 24 heteroatoms. The van der Waals surface area contributed by atoms with E-state index in [1.54, 1.807) is 123 Å². The van der Waals surface area contributed by atoms with Gasteiger partial charge in [-0.2, -0.15) is 36.7 Å². The van der Waals surface area contributed by atoms with Crippen molar-refractivity contribution in [2.75, 3.05) is 0 Å². The van der Waals surface area contributed by atoms with Gasteiger partial charge in [0.05, 0.1) is 0 Å². The van der Waals surface area contributed by atoms with E-state index in [4.69, 9.17) is 0 Å². The van der Waals surface area contributed by atoms with Crippen molar-refractivity contribution in [3.8, 4) is 67.5 Å². The summed E-state index contributed by atoms with van der Waals surface area (Å²) < 4.78 is 0. The van der Waals surface area contributed by atoms with Gasteiger partial charge in [0, 0.05) is 170 Å². The zero-order chi connectivity index (χ0) is 94.3. The monoisotopic (exact) mass is 2880 g/mol. The third-order valence-corrected chi connectivity index (χ3v) is 18.1. The van der Waals surface area contributed by atoms with Crippen molar-refractivity contribution in [3.05, 3.63) is 469 Å².